The molecule has 4 heteroatoms. The van der Waals surface area contributed by atoms with Crippen molar-refractivity contribution >= 4 is 11.6 Å². The minimum atomic E-state index is -0.424. The normalized spacial score (nSPS) is 9.36. The van der Waals surface area contributed by atoms with Crippen molar-refractivity contribution in [3.05, 3.63) is 28.8 Å². The quantitative estimate of drug-likeness (QED) is 0.460. The Morgan fingerprint density at radius 2 is 2.43 bits per heavy atom. The summed E-state index contributed by atoms with van der Waals surface area (Å²) < 4.78 is 12.7. The van der Waals surface area contributed by atoms with Crippen LogP contribution < -0.4 is 5.32 Å². The molecular weight excluding hydrogens is 203 g/mol. The molecule has 0 unspecified atom stereocenters. The van der Waals surface area contributed by atoms with Crippen LogP contribution in [-0.4, -0.2) is 18.6 Å². The van der Waals surface area contributed by atoms with E-state index in [-0.39, 0.29) is 5.15 Å². The van der Waals surface area contributed by atoms with Crippen molar-refractivity contribution in [2.45, 2.75) is 6.42 Å². The smallest absolute Gasteiger partial charge is 0.144 e. The molecule has 74 valence electrons. The van der Waals surface area contributed by atoms with Crippen LogP contribution in [0.15, 0.2) is 12.3 Å². The highest BCUT2D eigenvalue weighted by Gasteiger charge is 1.99. The maximum atomic E-state index is 12.7. The third-order valence-electron chi connectivity index (χ3n) is 1.53. The highest BCUT2D eigenvalue weighted by atomic mass is 35.5. The van der Waals surface area contributed by atoms with E-state index in [2.05, 4.69) is 22.1 Å². The summed E-state index contributed by atoms with van der Waals surface area (Å²) in [5.74, 6) is 5.21. The first-order valence-electron chi connectivity index (χ1n) is 4.18. The number of hydrogen-bond donors (Lipinski definition) is 1. The molecule has 0 aromatic carbocycles. The molecule has 0 aliphatic rings. The van der Waals surface area contributed by atoms with Crippen molar-refractivity contribution < 1.29 is 4.39 Å². The Hall–Kier alpha value is -1.11. The lowest BCUT2D eigenvalue weighted by atomic mass is 10.2. The Labute approximate surface area is 87.5 Å². The Bertz CT molecular complexity index is 368. The number of halogens is 2. The average Bonchev–Trinajstić information content (AvgIpc) is 2.18. The molecule has 14 heavy (non-hydrogen) atoms. The first-order chi connectivity index (χ1) is 6.74. The van der Waals surface area contributed by atoms with Gasteiger partial charge in [0, 0.05) is 13.0 Å². The van der Waals surface area contributed by atoms with E-state index in [1.165, 1.54) is 6.07 Å². The molecule has 0 aliphatic heterocycles. The molecule has 0 spiro atoms. The average molecular weight is 213 g/mol. The van der Waals surface area contributed by atoms with Gasteiger partial charge in [-0.2, -0.15) is 0 Å². The number of pyridine rings is 1. The monoisotopic (exact) mass is 212 g/mol. The second-order valence-electron chi connectivity index (χ2n) is 2.65. The van der Waals surface area contributed by atoms with Crippen LogP contribution in [-0.2, 0) is 0 Å². The van der Waals surface area contributed by atoms with Crippen molar-refractivity contribution in [2.75, 3.05) is 13.6 Å². The van der Waals surface area contributed by atoms with Gasteiger partial charge in [-0.05, 0) is 13.1 Å². The van der Waals surface area contributed by atoms with Gasteiger partial charge in [0.05, 0.1) is 11.8 Å². The summed E-state index contributed by atoms with van der Waals surface area (Å²) in [6, 6.07) is 1.28. The summed E-state index contributed by atoms with van der Waals surface area (Å²) in [6.45, 7) is 0.799. The third-order valence-corrected chi connectivity index (χ3v) is 1.83. The molecule has 0 radical (unpaired) electrons. The van der Waals surface area contributed by atoms with Gasteiger partial charge in [-0.1, -0.05) is 23.4 Å². The van der Waals surface area contributed by atoms with Crippen molar-refractivity contribution in [1.29, 1.82) is 0 Å². The lowest BCUT2D eigenvalue weighted by Crippen LogP contribution is -2.05. The summed E-state index contributed by atoms with van der Waals surface area (Å²) in [6.07, 6.45) is 1.77. The van der Waals surface area contributed by atoms with Crippen molar-refractivity contribution in [3.8, 4) is 11.8 Å². The van der Waals surface area contributed by atoms with Crippen LogP contribution in [0.5, 0.6) is 0 Å². The molecule has 0 fully saturated rings. The molecule has 1 rings (SSSR count). The van der Waals surface area contributed by atoms with Crippen LogP contribution in [0.25, 0.3) is 0 Å². The van der Waals surface area contributed by atoms with Gasteiger partial charge in [0.15, 0.2) is 0 Å². The summed E-state index contributed by atoms with van der Waals surface area (Å²) in [7, 11) is 1.85. The summed E-state index contributed by atoms with van der Waals surface area (Å²) in [5.41, 5.74) is 0.433. The van der Waals surface area contributed by atoms with Crippen LogP contribution in [0.3, 0.4) is 0 Å². The highest BCUT2D eigenvalue weighted by Crippen LogP contribution is 2.11. The Morgan fingerprint density at radius 1 is 1.64 bits per heavy atom. The molecule has 0 amide bonds. The third kappa shape index (κ3) is 3.33. The zero-order valence-corrected chi connectivity index (χ0v) is 8.53. The first kappa shape index (κ1) is 11.0. The molecular formula is C10H10ClFN2. The lowest BCUT2D eigenvalue weighted by molar-refractivity contribution is 0.621. The van der Waals surface area contributed by atoms with Gasteiger partial charge in [0.2, 0.25) is 0 Å². The fraction of sp³-hybridized carbons (Fsp3) is 0.300. The lowest BCUT2D eigenvalue weighted by Gasteiger charge is -1.94. The minimum absolute atomic E-state index is 0.239. The fourth-order valence-electron chi connectivity index (χ4n) is 0.855. The number of hydrogen-bond acceptors (Lipinski definition) is 2. The van der Waals surface area contributed by atoms with Crippen molar-refractivity contribution in [1.82, 2.24) is 10.3 Å². The van der Waals surface area contributed by atoms with Gasteiger partial charge < -0.3 is 5.32 Å². The molecule has 1 aromatic rings. The summed E-state index contributed by atoms with van der Waals surface area (Å²) >= 11 is 5.71. The van der Waals surface area contributed by atoms with Gasteiger partial charge in [-0.3, -0.25) is 0 Å². The van der Waals surface area contributed by atoms with Crippen LogP contribution in [0, 0.1) is 17.7 Å². The SMILES string of the molecule is CNCCC#Cc1cc(F)cnc1Cl. The van der Waals surface area contributed by atoms with E-state index in [4.69, 9.17) is 11.6 Å². The summed E-state index contributed by atoms with van der Waals surface area (Å²) in [4.78, 5) is 3.65. The van der Waals surface area contributed by atoms with E-state index in [1.54, 1.807) is 0 Å². The molecule has 0 saturated carbocycles. The molecule has 2 nitrogen and oxygen atoms in total. The van der Waals surface area contributed by atoms with Crippen molar-refractivity contribution in [3.63, 3.8) is 0 Å². The number of nitrogens with zero attached hydrogens (tertiary/aromatic N) is 1. The second kappa shape index (κ2) is 5.58. The van der Waals surface area contributed by atoms with Gasteiger partial charge in [-0.25, -0.2) is 9.37 Å². The van der Waals surface area contributed by atoms with E-state index < -0.39 is 5.82 Å². The van der Waals surface area contributed by atoms with Gasteiger partial charge in [-0.15, -0.1) is 0 Å². The number of aromatic nitrogens is 1. The van der Waals surface area contributed by atoms with Crippen LogP contribution >= 0.6 is 11.6 Å². The van der Waals surface area contributed by atoms with Crippen LogP contribution in [0.2, 0.25) is 5.15 Å². The Kier molecular flexibility index (Phi) is 4.37. The van der Waals surface area contributed by atoms with E-state index in [1.807, 2.05) is 7.05 Å². The molecule has 0 saturated heterocycles. The first-order valence-corrected chi connectivity index (χ1v) is 4.56. The Balaban J connectivity index is 2.73. The Morgan fingerprint density at radius 3 is 3.14 bits per heavy atom. The van der Waals surface area contributed by atoms with Gasteiger partial charge in [0.1, 0.15) is 11.0 Å². The fourth-order valence-corrected chi connectivity index (χ4v) is 1.01. The van der Waals surface area contributed by atoms with E-state index >= 15 is 0 Å². The minimum Gasteiger partial charge on any atom is -0.319 e. The van der Waals surface area contributed by atoms with E-state index in [0.29, 0.717) is 12.0 Å². The second-order valence-corrected chi connectivity index (χ2v) is 3.01. The van der Waals surface area contributed by atoms with Crippen molar-refractivity contribution in [2.24, 2.45) is 0 Å². The molecule has 0 atom stereocenters. The number of nitrogens with one attached hydrogen (secondary N) is 1. The summed E-state index contributed by atoms with van der Waals surface area (Å²) in [5, 5.41) is 3.19. The topological polar surface area (TPSA) is 24.9 Å². The highest BCUT2D eigenvalue weighted by molar-refractivity contribution is 6.30. The van der Waals surface area contributed by atoms with Crippen LogP contribution in [0.1, 0.15) is 12.0 Å². The largest absolute Gasteiger partial charge is 0.319 e. The maximum Gasteiger partial charge on any atom is 0.144 e. The molecule has 1 N–H and O–H groups in total. The molecule has 0 aliphatic carbocycles. The predicted molar refractivity (Wildman–Crippen MR) is 54.6 cm³/mol. The van der Waals surface area contributed by atoms with E-state index in [0.717, 1.165) is 12.7 Å². The van der Waals surface area contributed by atoms with Crippen LogP contribution in [0.4, 0.5) is 4.39 Å². The number of rotatable bonds is 2. The zero-order chi connectivity index (χ0) is 10.4. The maximum absolute atomic E-state index is 12.7. The zero-order valence-electron chi connectivity index (χ0n) is 7.77. The standard InChI is InChI=1S/C10H10ClFN2/c1-13-5-3-2-4-8-6-9(12)7-14-10(8)11/h6-7,13H,3,5H2,1H3. The molecule has 1 heterocycles. The predicted octanol–water partition coefficient (Wildman–Crippen LogP) is 1.84. The van der Waals surface area contributed by atoms with Gasteiger partial charge in [0.25, 0.3) is 0 Å². The van der Waals surface area contributed by atoms with E-state index in [9.17, 15) is 4.39 Å². The molecule has 0 bridgehead atoms. The molecule has 1 aromatic heterocycles. The van der Waals surface area contributed by atoms with Gasteiger partial charge >= 0.3 is 0 Å².